The number of aromatic amines is 1. The number of aromatic hydroxyl groups is 2. The van der Waals surface area contributed by atoms with Crippen LogP contribution in [0.25, 0.3) is 22.3 Å². The van der Waals surface area contributed by atoms with E-state index in [0.29, 0.717) is 60.1 Å². The maximum absolute atomic E-state index is 14.2. The lowest BCUT2D eigenvalue weighted by Crippen LogP contribution is -2.80. The summed E-state index contributed by atoms with van der Waals surface area (Å²) in [4.78, 5) is 30.7. The van der Waals surface area contributed by atoms with E-state index in [1.165, 1.54) is 42.5 Å². The fourth-order valence-corrected chi connectivity index (χ4v) is 12.9. The monoisotopic (exact) mass is 1060 g/mol. The molecule has 22 heteroatoms. The number of aromatic nitrogens is 1. The summed E-state index contributed by atoms with van der Waals surface area (Å²) in [7, 11) is 0. The molecule has 5 aromatic rings. The molecule has 2 aromatic heterocycles. The van der Waals surface area contributed by atoms with Crippen molar-refractivity contribution >= 4 is 22.8 Å². The molecule has 12 atom stereocenters. The maximum Gasteiger partial charge on any atom is 0.336 e. The second-order valence-corrected chi connectivity index (χ2v) is 20.9. The van der Waals surface area contributed by atoms with Crippen molar-refractivity contribution in [3.05, 3.63) is 128 Å². The number of carboxylic acids is 1. The number of phenolic OH excluding ortho intramolecular Hbond substituents is 2. The van der Waals surface area contributed by atoms with Crippen LogP contribution in [0.4, 0.5) is 5.82 Å². The van der Waals surface area contributed by atoms with Crippen molar-refractivity contribution in [2.24, 2.45) is 23.0 Å². The quantitative estimate of drug-likeness (QED) is 0.0528. The summed E-state index contributed by atoms with van der Waals surface area (Å²) >= 11 is 0. The molecule has 3 aliphatic heterocycles. The molecule has 1 saturated carbocycles. The number of nitrogen functional groups attached to an aromatic ring is 1. The Morgan fingerprint density at radius 1 is 1.00 bits per heavy atom. The van der Waals surface area contributed by atoms with Gasteiger partial charge in [0.2, 0.25) is 18.3 Å². The smallest absolute Gasteiger partial charge is 0.336 e. The summed E-state index contributed by atoms with van der Waals surface area (Å²) < 4.78 is 30.9. The molecule has 2 bridgehead atoms. The third-order valence-corrected chi connectivity index (χ3v) is 16.5. The van der Waals surface area contributed by atoms with Gasteiger partial charge in [0.25, 0.3) is 0 Å². The van der Waals surface area contributed by atoms with Gasteiger partial charge >= 0.3 is 5.97 Å². The topological polar surface area (TPSA) is 370 Å². The van der Waals surface area contributed by atoms with E-state index in [9.17, 15) is 55.5 Å². The number of phenols is 2. The zero-order valence-corrected chi connectivity index (χ0v) is 41.8. The fraction of sp³-hybridized carbons (Fsp3) is 0.418. The van der Waals surface area contributed by atoms with Gasteiger partial charge in [0.05, 0.1) is 12.4 Å². The van der Waals surface area contributed by atoms with Gasteiger partial charge in [-0.1, -0.05) is 18.9 Å². The Bertz CT molecular complexity index is 3280. The highest BCUT2D eigenvalue weighted by atomic mass is 16.7. The minimum absolute atomic E-state index is 0.0231. The van der Waals surface area contributed by atoms with Crippen molar-refractivity contribution < 1.29 is 74.1 Å². The van der Waals surface area contributed by atoms with Crippen molar-refractivity contribution in [1.29, 1.82) is 0 Å². The number of aliphatic hydroxyl groups excluding tert-OH is 4. The molecule has 408 valence electrons. The van der Waals surface area contributed by atoms with E-state index in [1.54, 1.807) is 18.2 Å². The highest BCUT2D eigenvalue weighted by Crippen LogP contribution is 2.66. The first-order chi connectivity index (χ1) is 36.9. The molecule has 0 amide bonds. The van der Waals surface area contributed by atoms with Gasteiger partial charge in [0.1, 0.15) is 51.9 Å². The predicted octanol–water partition coefficient (Wildman–Crippen LogP) is 2.25. The Morgan fingerprint density at radius 2 is 1.79 bits per heavy atom. The van der Waals surface area contributed by atoms with Crippen LogP contribution >= 0.6 is 0 Å². The number of aryl methyl sites for hydroxylation is 1. The molecule has 5 heterocycles. The largest absolute Gasteiger partial charge is 0.508 e. The number of allylic oxidation sites excluding steroid dienone is 2. The third-order valence-electron chi connectivity index (χ3n) is 16.5. The molecule has 3 aromatic carbocycles. The minimum atomic E-state index is -2.77. The van der Waals surface area contributed by atoms with Crippen LogP contribution in [0, 0.1) is 17.3 Å². The second kappa shape index (κ2) is 19.7. The predicted molar refractivity (Wildman–Crippen MR) is 275 cm³/mol. The van der Waals surface area contributed by atoms with Crippen LogP contribution < -0.4 is 47.1 Å². The molecule has 22 nitrogen and oxygen atoms in total. The highest BCUT2D eigenvalue weighted by molar-refractivity contribution is 5.89. The number of anilines is 1. The van der Waals surface area contributed by atoms with Crippen LogP contribution in [0.5, 0.6) is 28.7 Å². The Balaban J connectivity index is 1.04. The van der Waals surface area contributed by atoms with E-state index in [4.69, 9.17) is 34.8 Å². The van der Waals surface area contributed by atoms with Gasteiger partial charge in [-0.05, 0) is 121 Å². The molecule has 3 aliphatic carbocycles. The lowest BCUT2D eigenvalue weighted by atomic mass is 9.50. The van der Waals surface area contributed by atoms with Gasteiger partial charge < -0.3 is 96.4 Å². The van der Waals surface area contributed by atoms with E-state index in [0.717, 1.165) is 49.0 Å². The van der Waals surface area contributed by atoms with Crippen LogP contribution in [0.1, 0.15) is 68.2 Å². The van der Waals surface area contributed by atoms with Crippen LogP contribution in [0.15, 0.2) is 111 Å². The summed E-state index contributed by atoms with van der Waals surface area (Å²) in [6.07, 6.45) is -3.84. The first kappa shape index (κ1) is 52.0. The molecule has 2 saturated heterocycles. The zero-order valence-electron chi connectivity index (χ0n) is 41.8. The summed E-state index contributed by atoms with van der Waals surface area (Å²) in [5, 5.41) is 115. The Morgan fingerprint density at radius 3 is 2.49 bits per heavy atom. The number of aliphatic carboxylic acids is 1. The average molecular weight is 1060 g/mol. The Hall–Kier alpha value is -7.12. The number of nitrogens with one attached hydrogen (secondary N) is 4. The van der Waals surface area contributed by atoms with Crippen molar-refractivity contribution in [3.8, 4) is 40.1 Å². The number of fused-ring (bicyclic) bond motifs is 5. The molecule has 11 rings (SSSR count). The van der Waals surface area contributed by atoms with Crippen LogP contribution in [0.3, 0.4) is 0 Å². The van der Waals surface area contributed by atoms with Crippen molar-refractivity contribution in [2.75, 3.05) is 32.1 Å². The number of aliphatic hydroxyl groups is 6. The Kier molecular flexibility index (Phi) is 13.3. The number of ether oxygens (including phenoxy) is 4. The first-order valence-electron chi connectivity index (χ1n) is 25.7. The molecule has 3 fully saturated rings. The molecule has 0 radical (unpaired) electrons. The van der Waals surface area contributed by atoms with E-state index >= 15 is 0 Å². The number of carboxylic acid groups (broad SMARTS) is 1. The van der Waals surface area contributed by atoms with Crippen LogP contribution in [-0.4, -0.2) is 125 Å². The van der Waals surface area contributed by atoms with Gasteiger partial charge in [-0.25, -0.2) is 4.79 Å². The fourth-order valence-electron chi connectivity index (χ4n) is 12.9. The number of carbonyl (C=O) groups is 1. The number of dihydropyridines is 1. The van der Waals surface area contributed by atoms with Crippen LogP contribution in [0.2, 0.25) is 0 Å². The van der Waals surface area contributed by atoms with Gasteiger partial charge in [-0.15, -0.1) is 0 Å². The SMILES string of the molecule is CCc1cc(O)cc([C@H](O)Oc2c(O[C@@H]3O[C@H](C(=O)O)[C@]4(O)[C@@H]([C@@H]5CNCN5)C([C@@]56CCC[C@@H]5CCC5=C6C=C(N)NC5)=C[C@@]3(O)[C@@H]4O)cc3oc(-c4ccc(O[C@H](CO)[C@H](O)c5ccc(N)[nH]5)cc4)cc(=O)c3c2O)c1. The lowest BCUT2D eigenvalue weighted by Gasteiger charge is -2.61. The minimum Gasteiger partial charge on any atom is -0.508 e. The molecular formula is C55H62N6O16. The zero-order chi connectivity index (χ0) is 54.3. The molecule has 0 unspecified atom stereocenters. The summed E-state index contributed by atoms with van der Waals surface area (Å²) in [6, 6.07) is 15.0. The van der Waals surface area contributed by atoms with Gasteiger partial charge in [0, 0.05) is 66.1 Å². The second-order valence-electron chi connectivity index (χ2n) is 20.9. The first-order valence-corrected chi connectivity index (χ1v) is 25.7. The lowest BCUT2D eigenvalue weighted by molar-refractivity contribution is -0.345. The van der Waals surface area contributed by atoms with Crippen molar-refractivity contribution in [2.45, 2.75) is 99.7 Å². The Labute approximate surface area is 439 Å². The molecule has 0 spiro atoms. The summed E-state index contributed by atoms with van der Waals surface area (Å²) in [6.45, 7) is 2.28. The number of H-pyrrole nitrogens is 1. The number of rotatable bonds is 15. The van der Waals surface area contributed by atoms with E-state index in [1.807, 2.05) is 13.0 Å². The molecule has 6 aliphatic rings. The van der Waals surface area contributed by atoms with Crippen molar-refractivity contribution in [3.63, 3.8) is 0 Å². The molecule has 77 heavy (non-hydrogen) atoms. The summed E-state index contributed by atoms with van der Waals surface area (Å²) in [5.74, 6) is -4.42. The van der Waals surface area contributed by atoms with Crippen molar-refractivity contribution in [1.82, 2.24) is 20.9 Å². The maximum atomic E-state index is 14.2. The van der Waals surface area contributed by atoms with Crippen LogP contribution in [-0.2, 0) is 16.0 Å². The van der Waals surface area contributed by atoms with E-state index < -0.39 is 106 Å². The molecular weight excluding hydrogens is 1000 g/mol. The van der Waals surface area contributed by atoms with E-state index in [2.05, 4.69) is 20.9 Å². The van der Waals surface area contributed by atoms with Gasteiger partial charge in [-0.2, -0.15) is 0 Å². The number of hydrogen-bond donors (Lipinski definition) is 15. The number of benzene rings is 3. The van der Waals surface area contributed by atoms with Gasteiger partial charge in [0.15, 0.2) is 34.7 Å². The summed E-state index contributed by atoms with van der Waals surface area (Å²) in [5.41, 5.74) is 8.43. The normalized spacial score (nSPS) is 29.9. The highest BCUT2D eigenvalue weighted by Gasteiger charge is 2.74. The molecule has 17 N–H and O–H groups in total. The van der Waals surface area contributed by atoms with Gasteiger partial charge in [-0.3, -0.25) is 10.1 Å². The third kappa shape index (κ3) is 8.64. The number of hydrogen-bond acceptors (Lipinski definition) is 20. The average Bonchev–Trinajstić information content (AvgIpc) is 4.39. The standard InChI is InChI=1S/C55H62N6O16/c1-2-25-14-28(16-30(63)15-25)50(69)76-47-39(19-38-43(46(47)66)36(64)18-37(74-38)26-6-9-31(10-7-26)73-40(23-62)45(65)34-11-12-41(56)61-34)75-52-54(71)20-33(53-13-3-4-29(53)8-5-27-21-59-42(57)17-32(27)53)44(35-22-58-24-60-35)55(72,51(54)70)48(77-52)49(67)68/h6-7,9-12,14-20,29,35,40,44-45,48,50-52,58-63,65-66,69-72H,2-5,8,13,21-24,56-57H2,1H3,(H,67,68)/t29-,35+,40-,44-,45-,48-,50-,51+,52-,53+,54-,55-/m1/s1. The van der Waals surface area contributed by atoms with E-state index in [-0.39, 0.29) is 40.9 Å². The number of nitrogens with two attached hydrogens (primary N) is 2.